The monoisotopic (exact) mass is 432 g/mol. The van der Waals surface area contributed by atoms with Gasteiger partial charge in [0.05, 0.1) is 24.5 Å². The summed E-state index contributed by atoms with van der Waals surface area (Å²) in [6.07, 6.45) is -6.17. The molecule has 0 bridgehead atoms. The van der Waals surface area contributed by atoms with Gasteiger partial charge in [-0.05, 0) is 18.2 Å². The van der Waals surface area contributed by atoms with E-state index in [4.69, 9.17) is 4.74 Å². The van der Waals surface area contributed by atoms with E-state index in [-0.39, 0.29) is 56.6 Å². The van der Waals surface area contributed by atoms with Gasteiger partial charge in [0.15, 0.2) is 0 Å². The number of piperazine rings is 1. The van der Waals surface area contributed by atoms with E-state index in [1.165, 1.54) is 24.0 Å². The maximum absolute atomic E-state index is 14.7. The summed E-state index contributed by atoms with van der Waals surface area (Å²) >= 11 is 0. The van der Waals surface area contributed by atoms with Gasteiger partial charge in [-0.3, -0.25) is 14.5 Å². The first-order valence-corrected chi connectivity index (χ1v) is 9.19. The van der Waals surface area contributed by atoms with Crippen LogP contribution < -0.4 is 15.1 Å². The minimum atomic E-state index is -4.93. The number of carbonyl (C=O) groups excluding carboxylic acids is 3. The van der Waals surface area contributed by atoms with E-state index >= 15 is 0 Å². The van der Waals surface area contributed by atoms with Crippen molar-refractivity contribution in [1.82, 2.24) is 10.2 Å². The number of nitrogens with one attached hydrogen (secondary N) is 1. The van der Waals surface area contributed by atoms with Crippen molar-refractivity contribution in [3.05, 3.63) is 24.0 Å². The average Bonchev–Trinajstić information content (AvgIpc) is 3.06. The van der Waals surface area contributed by atoms with Crippen LogP contribution in [-0.2, 0) is 14.3 Å². The third-order valence-electron chi connectivity index (χ3n) is 4.85. The molecule has 1 atom stereocenters. The molecule has 1 aromatic rings. The summed E-state index contributed by atoms with van der Waals surface area (Å²) in [6.45, 7) is 1.34. The summed E-state index contributed by atoms with van der Waals surface area (Å²) in [5, 5.41) is 2.54. The molecule has 3 rings (SSSR count). The summed E-state index contributed by atoms with van der Waals surface area (Å²) in [6, 6.07) is 4.08. The van der Waals surface area contributed by atoms with Crippen molar-refractivity contribution in [1.29, 1.82) is 0 Å². The highest BCUT2D eigenvalue weighted by atomic mass is 19.4. The van der Waals surface area contributed by atoms with E-state index in [2.05, 4.69) is 5.32 Å². The van der Waals surface area contributed by atoms with Gasteiger partial charge < -0.3 is 19.9 Å². The Morgan fingerprint density at radius 2 is 1.87 bits per heavy atom. The van der Waals surface area contributed by atoms with Crippen molar-refractivity contribution in [3.63, 3.8) is 0 Å². The number of ether oxygens (including phenoxy) is 1. The molecule has 30 heavy (non-hydrogen) atoms. The molecule has 1 aromatic carbocycles. The predicted molar refractivity (Wildman–Crippen MR) is 97.5 cm³/mol. The van der Waals surface area contributed by atoms with Crippen molar-refractivity contribution in [2.45, 2.75) is 19.2 Å². The van der Waals surface area contributed by atoms with Crippen molar-refractivity contribution in [3.8, 4) is 0 Å². The Hall–Kier alpha value is -3.05. The highest BCUT2D eigenvalue weighted by Gasteiger charge is 2.43. The molecule has 0 radical (unpaired) electrons. The minimum absolute atomic E-state index is 0.0443. The van der Waals surface area contributed by atoms with Crippen LogP contribution >= 0.6 is 0 Å². The molecule has 12 heteroatoms. The molecule has 8 nitrogen and oxygen atoms in total. The number of alkyl halides is 3. The largest absolute Gasteiger partial charge is 0.471 e. The topological polar surface area (TPSA) is 82.2 Å². The summed E-state index contributed by atoms with van der Waals surface area (Å²) in [5.41, 5.74) is 0.428. The van der Waals surface area contributed by atoms with Crippen LogP contribution in [0.15, 0.2) is 18.2 Å². The normalized spacial score (nSPS) is 19.7. The molecule has 2 aliphatic rings. The Morgan fingerprint density at radius 3 is 2.43 bits per heavy atom. The van der Waals surface area contributed by atoms with Crippen LogP contribution in [0.3, 0.4) is 0 Å². The number of benzene rings is 1. The maximum atomic E-state index is 14.7. The molecule has 3 amide bonds. The second-order valence-electron chi connectivity index (χ2n) is 6.97. The van der Waals surface area contributed by atoms with Crippen molar-refractivity contribution >= 4 is 29.3 Å². The number of rotatable bonds is 4. The molecule has 164 valence electrons. The van der Waals surface area contributed by atoms with Crippen LogP contribution in [0, 0.1) is 5.82 Å². The van der Waals surface area contributed by atoms with Crippen LogP contribution in [0.5, 0.6) is 0 Å². The fourth-order valence-electron chi connectivity index (χ4n) is 3.35. The third kappa shape index (κ3) is 4.74. The number of hydrogen-bond acceptors (Lipinski definition) is 5. The van der Waals surface area contributed by atoms with E-state index in [9.17, 15) is 31.9 Å². The number of halogens is 4. The van der Waals surface area contributed by atoms with E-state index in [1.807, 2.05) is 0 Å². The van der Waals surface area contributed by atoms with Gasteiger partial charge in [0, 0.05) is 33.1 Å². The van der Waals surface area contributed by atoms with Crippen molar-refractivity contribution in [2.75, 3.05) is 49.1 Å². The lowest BCUT2D eigenvalue weighted by Crippen LogP contribution is -2.52. The second kappa shape index (κ2) is 8.36. The maximum Gasteiger partial charge on any atom is 0.471 e. The number of nitrogens with zero attached hydrogens (tertiary/aromatic N) is 3. The smallest absolute Gasteiger partial charge is 0.442 e. The fourth-order valence-corrected chi connectivity index (χ4v) is 3.35. The van der Waals surface area contributed by atoms with E-state index in [0.717, 1.165) is 6.07 Å². The van der Waals surface area contributed by atoms with Gasteiger partial charge in [0.2, 0.25) is 5.91 Å². The summed E-state index contributed by atoms with van der Waals surface area (Å²) < 4.78 is 57.4. The first-order chi connectivity index (χ1) is 14.1. The number of anilines is 2. The Kier molecular flexibility index (Phi) is 6.04. The van der Waals surface area contributed by atoms with Crippen LogP contribution in [0.1, 0.15) is 6.92 Å². The van der Waals surface area contributed by atoms with Gasteiger partial charge in [-0.25, -0.2) is 9.18 Å². The number of hydrogen-bond donors (Lipinski definition) is 1. The zero-order valence-electron chi connectivity index (χ0n) is 16.0. The molecule has 0 aliphatic carbocycles. The van der Waals surface area contributed by atoms with Crippen LogP contribution in [-0.4, -0.2) is 74.4 Å². The van der Waals surface area contributed by atoms with Crippen LogP contribution in [0.25, 0.3) is 0 Å². The Labute approximate surface area is 169 Å². The van der Waals surface area contributed by atoms with Gasteiger partial charge in [0.1, 0.15) is 11.9 Å². The number of amides is 3. The second-order valence-corrected chi connectivity index (χ2v) is 6.97. The zero-order chi connectivity index (χ0) is 22.1. The lowest BCUT2D eigenvalue weighted by Gasteiger charge is -2.36. The van der Waals surface area contributed by atoms with Gasteiger partial charge in [-0.2, -0.15) is 13.2 Å². The lowest BCUT2D eigenvalue weighted by atomic mass is 10.2. The molecular formula is C18H20F4N4O4. The summed E-state index contributed by atoms with van der Waals surface area (Å²) in [5.74, 6) is -2.82. The molecule has 2 fully saturated rings. The first kappa shape index (κ1) is 21.7. The van der Waals surface area contributed by atoms with Crippen LogP contribution in [0.2, 0.25) is 0 Å². The third-order valence-corrected chi connectivity index (χ3v) is 4.85. The number of carbonyl (C=O) groups is 3. The van der Waals surface area contributed by atoms with Gasteiger partial charge in [-0.1, -0.05) is 0 Å². The molecule has 2 aliphatic heterocycles. The molecule has 2 heterocycles. The van der Waals surface area contributed by atoms with E-state index in [1.54, 1.807) is 4.90 Å². The molecule has 0 spiro atoms. The summed E-state index contributed by atoms with van der Waals surface area (Å²) in [4.78, 5) is 37.8. The molecule has 0 aromatic heterocycles. The highest BCUT2D eigenvalue weighted by molar-refractivity contribution is 5.90. The zero-order valence-corrected chi connectivity index (χ0v) is 16.0. The molecule has 0 unspecified atom stereocenters. The quantitative estimate of drug-likeness (QED) is 0.730. The van der Waals surface area contributed by atoms with Crippen molar-refractivity contribution in [2.24, 2.45) is 0 Å². The minimum Gasteiger partial charge on any atom is -0.442 e. The molecule has 2 saturated heterocycles. The standard InChI is InChI=1S/C18H20F4N4O4/c1-11(27)23-9-13-10-26(17(29)30-13)12-2-3-15(14(19)8-12)24-4-6-25(7-5-24)16(28)18(20,21)22/h2-3,8,13H,4-7,9-10H2,1H3,(H,23,27)/t13-/m0/s1. The average molecular weight is 432 g/mol. The number of cyclic esters (lactones) is 1. The molecular weight excluding hydrogens is 412 g/mol. The van der Waals surface area contributed by atoms with E-state index in [0.29, 0.717) is 4.90 Å². The fraction of sp³-hybridized carbons (Fsp3) is 0.500. The van der Waals surface area contributed by atoms with E-state index < -0.39 is 30.1 Å². The summed E-state index contributed by atoms with van der Waals surface area (Å²) in [7, 11) is 0. The molecule has 0 saturated carbocycles. The Morgan fingerprint density at radius 1 is 1.20 bits per heavy atom. The predicted octanol–water partition coefficient (Wildman–Crippen LogP) is 1.50. The lowest BCUT2D eigenvalue weighted by molar-refractivity contribution is -0.185. The Balaban J connectivity index is 1.63. The highest BCUT2D eigenvalue weighted by Crippen LogP contribution is 2.29. The van der Waals surface area contributed by atoms with Gasteiger partial charge in [-0.15, -0.1) is 0 Å². The van der Waals surface area contributed by atoms with Gasteiger partial charge >= 0.3 is 18.2 Å². The van der Waals surface area contributed by atoms with Gasteiger partial charge in [0.25, 0.3) is 0 Å². The van der Waals surface area contributed by atoms with Crippen molar-refractivity contribution < 1.29 is 36.7 Å². The molecule has 1 N–H and O–H groups in total. The Bertz CT molecular complexity index is 840. The van der Waals surface area contributed by atoms with Crippen LogP contribution in [0.4, 0.5) is 33.7 Å². The SMILES string of the molecule is CC(=O)NC[C@H]1CN(c2ccc(N3CCN(C(=O)C(F)(F)F)CC3)c(F)c2)C(=O)O1. The first-order valence-electron chi connectivity index (χ1n) is 9.19.